The van der Waals surface area contributed by atoms with E-state index in [0.29, 0.717) is 12.1 Å². The van der Waals surface area contributed by atoms with Gasteiger partial charge in [0.15, 0.2) is 0 Å². The lowest BCUT2D eigenvalue weighted by atomic mass is 10.1. The van der Waals surface area contributed by atoms with Crippen molar-refractivity contribution in [1.82, 2.24) is 9.97 Å². The summed E-state index contributed by atoms with van der Waals surface area (Å²) in [6.45, 7) is 0. The number of benzene rings is 2. The first kappa shape index (κ1) is 15.1. The van der Waals surface area contributed by atoms with Crippen LogP contribution in [-0.4, -0.2) is 29.0 Å². The van der Waals surface area contributed by atoms with E-state index in [9.17, 15) is 4.79 Å². The number of hydrogen-bond donors (Lipinski definition) is 3. The molecule has 118 valence electrons. The normalized spacial score (nSPS) is 12.1. The molecule has 0 spiro atoms. The molecular formula is C17H18N4O2. The first-order valence-corrected chi connectivity index (χ1v) is 7.28. The van der Waals surface area contributed by atoms with Crippen LogP contribution in [0.5, 0.6) is 5.75 Å². The van der Waals surface area contributed by atoms with Crippen molar-refractivity contribution in [3.05, 3.63) is 54.6 Å². The number of rotatable bonds is 5. The molecule has 0 unspecified atom stereocenters. The number of nitrogens with zero attached hydrogens (tertiary/aromatic N) is 1. The fourth-order valence-electron chi connectivity index (χ4n) is 2.46. The molecule has 0 aliphatic heterocycles. The van der Waals surface area contributed by atoms with Crippen molar-refractivity contribution in [2.24, 2.45) is 5.73 Å². The van der Waals surface area contributed by atoms with E-state index in [1.807, 2.05) is 36.4 Å². The average Bonchev–Trinajstić information content (AvgIpc) is 3.07. The zero-order chi connectivity index (χ0) is 16.2. The van der Waals surface area contributed by atoms with Crippen molar-refractivity contribution >= 4 is 22.4 Å². The van der Waals surface area contributed by atoms with Gasteiger partial charge in [0.25, 0.3) is 0 Å². The van der Waals surface area contributed by atoms with Gasteiger partial charge in [0.05, 0.1) is 19.5 Å². The fraction of sp³-hybridized carbons (Fsp3) is 0.176. The molecule has 0 aliphatic carbocycles. The second-order valence-electron chi connectivity index (χ2n) is 5.27. The monoisotopic (exact) mass is 310 g/mol. The van der Waals surface area contributed by atoms with Gasteiger partial charge >= 0.3 is 0 Å². The zero-order valence-corrected chi connectivity index (χ0v) is 12.7. The predicted molar refractivity (Wildman–Crippen MR) is 89.4 cm³/mol. The number of fused-ring (bicyclic) bond motifs is 1. The van der Waals surface area contributed by atoms with Crippen molar-refractivity contribution in [2.45, 2.75) is 12.5 Å². The predicted octanol–water partition coefficient (Wildman–Crippen LogP) is 2.08. The van der Waals surface area contributed by atoms with E-state index in [2.05, 4.69) is 15.3 Å². The van der Waals surface area contributed by atoms with Crippen LogP contribution in [0.4, 0.5) is 5.69 Å². The largest absolute Gasteiger partial charge is 0.496 e. The molecule has 3 aromatic rings. The third-order valence-electron chi connectivity index (χ3n) is 3.66. The molecule has 4 N–H and O–H groups in total. The molecule has 0 aliphatic rings. The Labute approximate surface area is 133 Å². The van der Waals surface area contributed by atoms with E-state index < -0.39 is 6.04 Å². The van der Waals surface area contributed by atoms with Gasteiger partial charge in [-0.05, 0) is 23.6 Å². The second kappa shape index (κ2) is 6.50. The summed E-state index contributed by atoms with van der Waals surface area (Å²) in [6.07, 6.45) is 3.63. The first-order chi connectivity index (χ1) is 11.2. The molecule has 0 saturated heterocycles. The molecule has 0 fully saturated rings. The lowest BCUT2D eigenvalue weighted by Crippen LogP contribution is -2.37. The van der Waals surface area contributed by atoms with Crippen LogP contribution in [0.1, 0.15) is 5.69 Å². The van der Waals surface area contributed by atoms with Gasteiger partial charge in [0.2, 0.25) is 5.91 Å². The number of anilines is 1. The highest BCUT2D eigenvalue weighted by atomic mass is 16.5. The van der Waals surface area contributed by atoms with E-state index in [-0.39, 0.29) is 5.91 Å². The van der Waals surface area contributed by atoms with Gasteiger partial charge < -0.3 is 20.8 Å². The summed E-state index contributed by atoms with van der Waals surface area (Å²) in [5.41, 5.74) is 7.45. The molecule has 1 amide bonds. The number of aromatic nitrogens is 2. The Kier molecular flexibility index (Phi) is 4.25. The van der Waals surface area contributed by atoms with Crippen LogP contribution in [-0.2, 0) is 11.2 Å². The van der Waals surface area contributed by atoms with Crippen molar-refractivity contribution in [3.63, 3.8) is 0 Å². The molecule has 23 heavy (non-hydrogen) atoms. The molecule has 3 rings (SSSR count). The summed E-state index contributed by atoms with van der Waals surface area (Å²) in [5.74, 6) is 0.522. The summed E-state index contributed by atoms with van der Waals surface area (Å²) in [7, 11) is 1.63. The van der Waals surface area contributed by atoms with Gasteiger partial charge in [-0.15, -0.1) is 0 Å². The van der Waals surface area contributed by atoms with E-state index in [1.54, 1.807) is 19.6 Å². The number of ether oxygens (including phenoxy) is 1. The maximum absolute atomic E-state index is 12.2. The molecule has 0 saturated carbocycles. The number of hydrogen-bond acceptors (Lipinski definition) is 4. The summed E-state index contributed by atoms with van der Waals surface area (Å²) >= 11 is 0. The molecule has 2 aromatic carbocycles. The second-order valence-corrected chi connectivity index (χ2v) is 5.27. The Balaban J connectivity index is 1.76. The first-order valence-electron chi connectivity index (χ1n) is 7.28. The van der Waals surface area contributed by atoms with Crippen LogP contribution in [0, 0.1) is 0 Å². The fourth-order valence-corrected chi connectivity index (χ4v) is 2.46. The third-order valence-corrected chi connectivity index (χ3v) is 3.66. The number of aromatic amines is 1. The van der Waals surface area contributed by atoms with Crippen LogP contribution in [0.2, 0.25) is 0 Å². The standard InChI is InChI=1S/C17H18N4O2/c1-23-16-4-2-3-11-5-6-12(7-14(11)16)21-17(22)15(18)8-13-9-19-10-20-13/h2-7,9-10,15H,8,18H2,1H3,(H,19,20)(H,21,22)/t15-/m0/s1. The lowest BCUT2D eigenvalue weighted by molar-refractivity contribution is -0.117. The summed E-state index contributed by atoms with van der Waals surface area (Å²) < 4.78 is 5.36. The Morgan fingerprint density at radius 1 is 1.39 bits per heavy atom. The molecule has 0 bridgehead atoms. The number of carbonyl (C=O) groups excluding carboxylic acids is 1. The van der Waals surface area contributed by atoms with Gasteiger partial charge in [0.1, 0.15) is 5.75 Å². The van der Waals surface area contributed by atoms with Crippen molar-refractivity contribution < 1.29 is 9.53 Å². The molecule has 1 heterocycles. The highest BCUT2D eigenvalue weighted by Gasteiger charge is 2.15. The molecule has 0 radical (unpaired) electrons. The summed E-state index contributed by atoms with van der Waals surface area (Å²) in [6, 6.07) is 10.8. The Bertz CT molecular complexity index is 815. The third kappa shape index (κ3) is 3.32. The van der Waals surface area contributed by atoms with E-state index in [1.165, 1.54) is 0 Å². The van der Waals surface area contributed by atoms with Crippen molar-refractivity contribution in [1.29, 1.82) is 0 Å². The highest BCUT2D eigenvalue weighted by Crippen LogP contribution is 2.28. The van der Waals surface area contributed by atoms with Crippen molar-refractivity contribution in [2.75, 3.05) is 12.4 Å². The van der Waals surface area contributed by atoms with Gasteiger partial charge in [-0.3, -0.25) is 4.79 Å². The molecular weight excluding hydrogens is 292 g/mol. The van der Waals surface area contributed by atoms with E-state index >= 15 is 0 Å². The number of H-pyrrole nitrogens is 1. The number of nitrogens with two attached hydrogens (primary N) is 1. The topological polar surface area (TPSA) is 93.0 Å². The van der Waals surface area contributed by atoms with E-state index in [0.717, 1.165) is 22.2 Å². The molecule has 1 aromatic heterocycles. The van der Waals surface area contributed by atoms with Crippen LogP contribution < -0.4 is 15.8 Å². The maximum atomic E-state index is 12.2. The SMILES string of the molecule is COc1cccc2ccc(NC(=O)[C@@H](N)Cc3cnc[nH]3)cc12. The minimum atomic E-state index is -0.649. The number of methoxy groups -OCH3 is 1. The molecule has 6 heteroatoms. The van der Waals surface area contributed by atoms with Gasteiger partial charge in [-0.1, -0.05) is 18.2 Å². The number of imidazole rings is 1. The smallest absolute Gasteiger partial charge is 0.241 e. The number of nitrogens with one attached hydrogen (secondary N) is 2. The summed E-state index contributed by atoms with van der Waals surface area (Å²) in [5, 5.41) is 4.83. The summed E-state index contributed by atoms with van der Waals surface area (Å²) in [4.78, 5) is 19.1. The number of carbonyl (C=O) groups is 1. The average molecular weight is 310 g/mol. The van der Waals surface area contributed by atoms with Crippen LogP contribution in [0.15, 0.2) is 48.9 Å². The van der Waals surface area contributed by atoms with Crippen molar-refractivity contribution in [3.8, 4) is 5.75 Å². The van der Waals surface area contributed by atoms with Crippen LogP contribution in [0.25, 0.3) is 10.8 Å². The van der Waals surface area contributed by atoms with Crippen LogP contribution >= 0.6 is 0 Å². The molecule has 1 atom stereocenters. The highest BCUT2D eigenvalue weighted by molar-refractivity contribution is 5.98. The quantitative estimate of drug-likeness (QED) is 0.672. The Morgan fingerprint density at radius 2 is 2.26 bits per heavy atom. The minimum absolute atomic E-state index is 0.242. The van der Waals surface area contributed by atoms with Crippen LogP contribution in [0.3, 0.4) is 0 Å². The van der Waals surface area contributed by atoms with Gasteiger partial charge in [0, 0.05) is 29.4 Å². The maximum Gasteiger partial charge on any atom is 0.241 e. The van der Waals surface area contributed by atoms with Gasteiger partial charge in [-0.2, -0.15) is 0 Å². The van der Waals surface area contributed by atoms with Gasteiger partial charge in [-0.25, -0.2) is 4.98 Å². The van der Waals surface area contributed by atoms with E-state index in [4.69, 9.17) is 10.5 Å². The number of amides is 1. The minimum Gasteiger partial charge on any atom is -0.496 e. The Hall–Kier alpha value is -2.86. The molecule has 6 nitrogen and oxygen atoms in total. The Morgan fingerprint density at radius 3 is 3.00 bits per heavy atom. The lowest BCUT2D eigenvalue weighted by Gasteiger charge is -2.13. The zero-order valence-electron chi connectivity index (χ0n) is 12.7.